The smallest absolute Gasteiger partial charge is 0.186 e. The monoisotopic (exact) mass is 565 g/mol. The molecule has 1 N–H and O–H groups in total. The number of nitrogens with one attached hydrogen (secondary N) is 1. The molecule has 0 spiro atoms. The molecule has 8 rings (SSSR count). The molecule has 0 saturated carbocycles. The van der Waals surface area contributed by atoms with Crippen LogP contribution in [0.15, 0.2) is 162 Å². The van der Waals surface area contributed by atoms with Gasteiger partial charge >= 0.3 is 0 Å². The van der Waals surface area contributed by atoms with Crippen molar-refractivity contribution in [1.82, 2.24) is 15.3 Å². The van der Waals surface area contributed by atoms with Gasteiger partial charge in [0.15, 0.2) is 12.0 Å². The minimum Gasteiger partial charge on any atom is -0.324 e. The summed E-state index contributed by atoms with van der Waals surface area (Å²) in [5.74, 6) is 2.15. The maximum absolute atomic E-state index is 5.13. The number of nitrogens with zero attached hydrogens (tertiary/aromatic N) is 4. The fraction of sp³-hybridized carbons (Fsp3) is 0.0256. The van der Waals surface area contributed by atoms with Gasteiger partial charge in [0, 0.05) is 22.3 Å². The number of rotatable bonds is 5. The molecule has 6 aromatic carbocycles. The molecule has 2 heterocycles. The van der Waals surface area contributed by atoms with Crippen LogP contribution in [0.5, 0.6) is 0 Å². The van der Waals surface area contributed by atoms with E-state index in [0.29, 0.717) is 5.82 Å². The third kappa shape index (κ3) is 5.01. The molecule has 0 saturated heterocycles. The summed E-state index contributed by atoms with van der Waals surface area (Å²) < 4.78 is 0. The van der Waals surface area contributed by atoms with Crippen LogP contribution < -0.4 is 5.32 Å². The van der Waals surface area contributed by atoms with E-state index in [-0.39, 0.29) is 0 Å². The Labute approximate surface area is 255 Å². The number of aliphatic imine (C=N–C) groups is 2. The zero-order valence-corrected chi connectivity index (χ0v) is 23.8. The van der Waals surface area contributed by atoms with E-state index >= 15 is 0 Å². The first-order valence-corrected chi connectivity index (χ1v) is 14.7. The van der Waals surface area contributed by atoms with E-state index in [9.17, 15) is 0 Å². The molecular formula is C39H27N5. The zero-order valence-electron chi connectivity index (χ0n) is 23.8. The average molecular weight is 566 g/mol. The highest BCUT2D eigenvalue weighted by Crippen LogP contribution is 2.31. The lowest BCUT2D eigenvalue weighted by Crippen LogP contribution is -2.36. The summed E-state index contributed by atoms with van der Waals surface area (Å²) in [5, 5.41) is 8.14. The number of fused-ring (bicyclic) bond motifs is 2. The summed E-state index contributed by atoms with van der Waals surface area (Å²) in [6, 6.07) is 51.9. The first-order chi connectivity index (χ1) is 21.8. The number of hydrogen-bond donors (Lipinski definition) is 1. The number of hydrogen-bond acceptors (Lipinski definition) is 5. The number of aromatic nitrogens is 2. The zero-order chi connectivity index (χ0) is 29.3. The molecule has 0 amide bonds. The largest absolute Gasteiger partial charge is 0.324 e. The number of amidine groups is 2. The summed E-state index contributed by atoms with van der Waals surface area (Å²) in [4.78, 5) is 20.4. The predicted molar refractivity (Wildman–Crippen MR) is 180 cm³/mol. The van der Waals surface area contributed by atoms with Crippen LogP contribution in [0.2, 0.25) is 0 Å². The fourth-order valence-corrected chi connectivity index (χ4v) is 5.62. The Hall–Kier alpha value is -5.94. The molecule has 1 aliphatic heterocycles. The van der Waals surface area contributed by atoms with Crippen LogP contribution in [0.1, 0.15) is 23.0 Å². The molecule has 1 aromatic heterocycles. The predicted octanol–water partition coefficient (Wildman–Crippen LogP) is 8.61. The lowest BCUT2D eigenvalue weighted by Gasteiger charge is -2.22. The van der Waals surface area contributed by atoms with Crippen molar-refractivity contribution in [2.75, 3.05) is 0 Å². The second-order valence-corrected chi connectivity index (χ2v) is 10.8. The van der Waals surface area contributed by atoms with Crippen molar-refractivity contribution in [3.8, 4) is 22.6 Å². The Morgan fingerprint density at radius 2 is 0.909 bits per heavy atom. The second kappa shape index (κ2) is 11.0. The maximum Gasteiger partial charge on any atom is 0.186 e. The topological polar surface area (TPSA) is 62.5 Å². The van der Waals surface area contributed by atoms with E-state index < -0.39 is 6.17 Å². The Balaban J connectivity index is 1.32. The van der Waals surface area contributed by atoms with Crippen LogP contribution in [0, 0.1) is 0 Å². The standard InChI is InChI=1S/C39H27N5/c1-3-13-28(14-4-1)36-42-37(29-15-5-2-6-16-29)44-39(43-36)35-25-34(32-21-19-26-11-7-9-17-30(26)23-32)40-38(41-35)33-22-20-27-12-8-10-18-31(27)24-33/h1-25,39H,(H,42,43,44). The minimum atomic E-state index is -0.567. The van der Waals surface area contributed by atoms with Crippen molar-refractivity contribution >= 4 is 33.2 Å². The van der Waals surface area contributed by atoms with Crippen molar-refractivity contribution in [1.29, 1.82) is 0 Å². The van der Waals surface area contributed by atoms with Crippen LogP contribution in [-0.2, 0) is 0 Å². The fourth-order valence-electron chi connectivity index (χ4n) is 5.62. The molecular weight excluding hydrogens is 538 g/mol. The summed E-state index contributed by atoms with van der Waals surface area (Å²) in [6.07, 6.45) is -0.567. The van der Waals surface area contributed by atoms with Crippen LogP contribution in [0.3, 0.4) is 0 Å². The molecule has 0 unspecified atom stereocenters. The molecule has 0 radical (unpaired) electrons. The van der Waals surface area contributed by atoms with E-state index in [4.69, 9.17) is 20.0 Å². The van der Waals surface area contributed by atoms with Crippen molar-refractivity contribution in [3.05, 3.63) is 168 Å². The van der Waals surface area contributed by atoms with Gasteiger partial charge in [-0.1, -0.05) is 133 Å². The van der Waals surface area contributed by atoms with Gasteiger partial charge in [0.05, 0.1) is 11.4 Å². The van der Waals surface area contributed by atoms with Crippen LogP contribution in [0.4, 0.5) is 0 Å². The van der Waals surface area contributed by atoms with Crippen molar-refractivity contribution in [3.63, 3.8) is 0 Å². The lowest BCUT2D eigenvalue weighted by molar-refractivity contribution is 0.725. The average Bonchev–Trinajstić information content (AvgIpc) is 3.11. The molecule has 5 heteroatoms. The van der Waals surface area contributed by atoms with Gasteiger partial charge in [-0.2, -0.15) is 0 Å². The molecule has 0 bridgehead atoms. The summed E-state index contributed by atoms with van der Waals surface area (Å²) in [5.41, 5.74) is 5.49. The van der Waals surface area contributed by atoms with Crippen molar-refractivity contribution in [2.45, 2.75) is 6.17 Å². The van der Waals surface area contributed by atoms with E-state index in [1.165, 1.54) is 10.8 Å². The Morgan fingerprint density at radius 3 is 1.50 bits per heavy atom. The van der Waals surface area contributed by atoms with Gasteiger partial charge in [0.2, 0.25) is 0 Å². The highest BCUT2D eigenvalue weighted by Gasteiger charge is 2.23. The van der Waals surface area contributed by atoms with Gasteiger partial charge in [-0.15, -0.1) is 0 Å². The van der Waals surface area contributed by atoms with Crippen LogP contribution >= 0.6 is 0 Å². The first-order valence-electron chi connectivity index (χ1n) is 14.7. The number of benzene rings is 6. The Morgan fingerprint density at radius 1 is 0.409 bits per heavy atom. The van der Waals surface area contributed by atoms with Gasteiger partial charge < -0.3 is 5.32 Å². The van der Waals surface area contributed by atoms with E-state index in [2.05, 4.69) is 115 Å². The molecule has 5 nitrogen and oxygen atoms in total. The Kier molecular flexibility index (Phi) is 6.46. The van der Waals surface area contributed by atoms with Crippen molar-refractivity contribution < 1.29 is 0 Å². The minimum absolute atomic E-state index is 0.567. The van der Waals surface area contributed by atoms with Gasteiger partial charge in [-0.3, -0.25) is 0 Å². The van der Waals surface area contributed by atoms with E-state index in [1.54, 1.807) is 0 Å². The first kappa shape index (κ1) is 25.7. The van der Waals surface area contributed by atoms with Gasteiger partial charge in [0.25, 0.3) is 0 Å². The second-order valence-electron chi connectivity index (χ2n) is 10.8. The Bertz CT molecular complexity index is 2050. The molecule has 208 valence electrons. The summed E-state index contributed by atoms with van der Waals surface area (Å²) in [6.45, 7) is 0. The van der Waals surface area contributed by atoms with Gasteiger partial charge in [0.1, 0.15) is 11.7 Å². The third-order valence-corrected chi connectivity index (χ3v) is 7.90. The summed E-state index contributed by atoms with van der Waals surface area (Å²) in [7, 11) is 0. The normalized spacial score (nSPS) is 13.4. The third-order valence-electron chi connectivity index (χ3n) is 7.90. The highest BCUT2D eigenvalue weighted by molar-refractivity contribution is 6.15. The molecule has 0 fully saturated rings. The highest BCUT2D eigenvalue weighted by atomic mass is 15.2. The van der Waals surface area contributed by atoms with Crippen molar-refractivity contribution in [2.24, 2.45) is 9.98 Å². The van der Waals surface area contributed by atoms with Crippen LogP contribution in [-0.4, -0.2) is 21.6 Å². The lowest BCUT2D eigenvalue weighted by atomic mass is 10.0. The molecule has 7 aromatic rings. The quantitative estimate of drug-likeness (QED) is 0.227. The van der Waals surface area contributed by atoms with E-state index in [0.717, 1.165) is 56.1 Å². The van der Waals surface area contributed by atoms with E-state index in [1.807, 2.05) is 42.5 Å². The van der Waals surface area contributed by atoms with Gasteiger partial charge in [-0.05, 0) is 39.7 Å². The molecule has 0 atom stereocenters. The van der Waals surface area contributed by atoms with Gasteiger partial charge in [-0.25, -0.2) is 20.0 Å². The van der Waals surface area contributed by atoms with Crippen LogP contribution in [0.25, 0.3) is 44.2 Å². The molecule has 44 heavy (non-hydrogen) atoms. The molecule has 1 aliphatic rings. The molecule has 0 aliphatic carbocycles. The SMILES string of the molecule is c1ccc(C2=NC(c3cc(-c4ccc5ccccc5c4)nc(-c4ccc5ccccc5c4)n3)N=C(c3ccccc3)N2)cc1. The summed E-state index contributed by atoms with van der Waals surface area (Å²) >= 11 is 0. The maximum atomic E-state index is 5.13.